The van der Waals surface area contributed by atoms with E-state index in [1.54, 1.807) is 19.2 Å². The zero-order valence-electron chi connectivity index (χ0n) is 9.54. The minimum atomic E-state index is -0.953. The smallest absolute Gasteiger partial charge is 0.160 e. The topological polar surface area (TPSA) is 48.7 Å². The van der Waals surface area contributed by atoms with Crippen molar-refractivity contribution in [3.05, 3.63) is 53.2 Å². The van der Waals surface area contributed by atoms with Crippen LogP contribution in [0.4, 0.5) is 20.3 Å². The van der Waals surface area contributed by atoms with Crippen LogP contribution in [-0.2, 0) is 0 Å². The lowest BCUT2D eigenvalue weighted by molar-refractivity contribution is 0.509. The zero-order valence-corrected chi connectivity index (χ0v) is 9.54. The van der Waals surface area contributed by atoms with Gasteiger partial charge in [-0.25, -0.2) is 13.8 Å². The van der Waals surface area contributed by atoms with E-state index in [0.717, 1.165) is 17.7 Å². The van der Waals surface area contributed by atoms with Crippen molar-refractivity contribution in [1.82, 2.24) is 4.98 Å². The van der Waals surface area contributed by atoms with Crippen molar-refractivity contribution in [3.63, 3.8) is 0 Å². The molecule has 90 valence electrons. The van der Waals surface area contributed by atoms with E-state index >= 15 is 0 Å². The Bertz CT molecular complexity index is 633. The van der Waals surface area contributed by atoms with Crippen molar-refractivity contribution in [2.45, 2.75) is 6.92 Å². The molecule has 0 aliphatic rings. The summed E-state index contributed by atoms with van der Waals surface area (Å²) in [6.45, 7) is 1.77. The largest absolute Gasteiger partial charge is 0.339 e. The molecule has 5 heteroatoms. The number of pyridine rings is 1. The van der Waals surface area contributed by atoms with Gasteiger partial charge in [-0.3, -0.25) is 0 Å². The fourth-order valence-electron chi connectivity index (χ4n) is 1.50. The molecule has 2 aromatic rings. The van der Waals surface area contributed by atoms with E-state index in [9.17, 15) is 8.78 Å². The van der Waals surface area contributed by atoms with Gasteiger partial charge < -0.3 is 5.32 Å². The van der Waals surface area contributed by atoms with Gasteiger partial charge in [-0.15, -0.1) is 0 Å². The molecule has 2 rings (SSSR count). The Balaban J connectivity index is 2.37. The van der Waals surface area contributed by atoms with Crippen LogP contribution in [0, 0.1) is 29.9 Å². The van der Waals surface area contributed by atoms with Gasteiger partial charge in [0.1, 0.15) is 11.9 Å². The molecule has 0 fully saturated rings. The molecule has 3 nitrogen and oxygen atoms in total. The van der Waals surface area contributed by atoms with Gasteiger partial charge in [0.25, 0.3) is 0 Å². The van der Waals surface area contributed by atoms with Crippen LogP contribution in [0.5, 0.6) is 0 Å². The van der Waals surface area contributed by atoms with Gasteiger partial charge in [-0.1, -0.05) is 0 Å². The maximum absolute atomic E-state index is 13.0. The molecule has 0 aliphatic carbocycles. The molecule has 0 bridgehead atoms. The molecular formula is C13H9F2N3. The first-order valence-electron chi connectivity index (χ1n) is 5.19. The summed E-state index contributed by atoms with van der Waals surface area (Å²) in [4.78, 5) is 4.01. The van der Waals surface area contributed by atoms with Crippen LogP contribution in [-0.4, -0.2) is 4.98 Å². The summed E-state index contributed by atoms with van der Waals surface area (Å²) < 4.78 is 25.8. The van der Waals surface area contributed by atoms with Crippen molar-refractivity contribution in [2.24, 2.45) is 0 Å². The number of anilines is 2. The molecule has 0 spiro atoms. The number of nitrogens with one attached hydrogen (secondary N) is 1. The predicted molar refractivity (Wildman–Crippen MR) is 63.3 cm³/mol. The minimum absolute atomic E-state index is 0.323. The fourth-order valence-corrected chi connectivity index (χ4v) is 1.50. The molecule has 1 heterocycles. The van der Waals surface area contributed by atoms with Crippen LogP contribution in [0.15, 0.2) is 30.5 Å². The molecule has 1 aromatic heterocycles. The number of nitrogens with zero attached hydrogens (tertiary/aromatic N) is 2. The van der Waals surface area contributed by atoms with Gasteiger partial charge in [-0.2, -0.15) is 5.26 Å². The van der Waals surface area contributed by atoms with E-state index in [1.165, 1.54) is 6.07 Å². The monoisotopic (exact) mass is 245 g/mol. The molecule has 1 aromatic carbocycles. The van der Waals surface area contributed by atoms with E-state index in [4.69, 9.17) is 5.26 Å². The molecule has 0 saturated carbocycles. The molecule has 1 N–H and O–H groups in total. The number of aromatic nitrogens is 1. The fraction of sp³-hybridized carbons (Fsp3) is 0.0769. The minimum Gasteiger partial charge on any atom is -0.339 e. The Morgan fingerprint density at radius 1 is 1.22 bits per heavy atom. The van der Waals surface area contributed by atoms with Crippen LogP contribution < -0.4 is 5.32 Å². The SMILES string of the molecule is Cc1ccnc(Nc2ccc(F)c(F)c2)c1C#N. The Labute approximate surface area is 103 Å². The van der Waals surface area contributed by atoms with Crippen LogP contribution in [0.3, 0.4) is 0 Å². The maximum Gasteiger partial charge on any atom is 0.160 e. The summed E-state index contributed by atoms with van der Waals surface area (Å²) in [5.41, 5.74) is 1.48. The van der Waals surface area contributed by atoms with Crippen molar-refractivity contribution in [1.29, 1.82) is 5.26 Å². The molecule has 0 amide bonds. The average Bonchev–Trinajstić information content (AvgIpc) is 2.34. The average molecular weight is 245 g/mol. The third-order valence-electron chi connectivity index (χ3n) is 2.45. The number of nitriles is 1. The second-order valence-electron chi connectivity index (χ2n) is 3.72. The second kappa shape index (κ2) is 4.80. The standard InChI is InChI=1S/C13H9F2N3/c1-8-4-5-17-13(10(8)7-16)18-9-2-3-11(14)12(15)6-9/h2-6H,1H3,(H,17,18). The molecular weight excluding hydrogens is 236 g/mol. The Hall–Kier alpha value is -2.48. The number of halogens is 2. The van der Waals surface area contributed by atoms with E-state index in [1.807, 2.05) is 6.07 Å². The summed E-state index contributed by atoms with van der Waals surface area (Å²) in [6, 6.07) is 7.13. The third-order valence-corrected chi connectivity index (χ3v) is 2.45. The highest BCUT2D eigenvalue weighted by Gasteiger charge is 2.08. The van der Waals surface area contributed by atoms with Gasteiger partial charge in [-0.05, 0) is 30.7 Å². The first-order valence-corrected chi connectivity index (χ1v) is 5.19. The maximum atomic E-state index is 13.0. The molecule has 18 heavy (non-hydrogen) atoms. The number of aryl methyl sites for hydroxylation is 1. The summed E-state index contributed by atoms with van der Waals surface area (Å²) in [5, 5.41) is 11.8. The highest BCUT2D eigenvalue weighted by Crippen LogP contribution is 2.21. The van der Waals surface area contributed by atoms with E-state index in [0.29, 0.717) is 17.1 Å². The Morgan fingerprint density at radius 3 is 2.67 bits per heavy atom. The molecule has 0 atom stereocenters. The molecule has 0 radical (unpaired) electrons. The summed E-state index contributed by atoms with van der Waals surface area (Å²) in [6.07, 6.45) is 1.54. The van der Waals surface area contributed by atoms with Crippen molar-refractivity contribution in [2.75, 3.05) is 5.32 Å². The molecule has 0 saturated heterocycles. The van der Waals surface area contributed by atoms with E-state index in [2.05, 4.69) is 10.3 Å². The zero-order chi connectivity index (χ0) is 13.1. The highest BCUT2D eigenvalue weighted by molar-refractivity contribution is 5.64. The number of hydrogen-bond donors (Lipinski definition) is 1. The van der Waals surface area contributed by atoms with Gasteiger partial charge >= 0.3 is 0 Å². The highest BCUT2D eigenvalue weighted by atomic mass is 19.2. The van der Waals surface area contributed by atoms with E-state index in [-0.39, 0.29) is 0 Å². The second-order valence-corrected chi connectivity index (χ2v) is 3.72. The Kier molecular flexibility index (Phi) is 3.20. The predicted octanol–water partition coefficient (Wildman–Crippen LogP) is 3.28. The van der Waals surface area contributed by atoms with Gasteiger partial charge in [0.2, 0.25) is 0 Å². The van der Waals surface area contributed by atoms with Gasteiger partial charge in [0.15, 0.2) is 11.6 Å². The lowest BCUT2D eigenvalue weighted by atomic mass is 10.1. The normalized spacial score (nSPS) is 9.89. The van der Waals surface area contributed by atoms with E-state index < -0.39 is 11.6 Å². The van der Waals surface area contributed by atoms with Gasteiger partial charge in [0, 0.05) is 18.0 Å². The quantitative estimate of drug-likeness (QED) is 0.883. The number of rotatable bonds is 2. The summed E-state index contributed by atoms with van der Waals surface area (Å²) in [7, 11) is 0. The molecule has 0 aliphatic heterocycles. The van der Waals surface area contributed by atoms with Crippen molar-refractivity contribution in [3.8, 4) is 6.07 Å². The van der Waals surface area contributed by atoms with Crippen LogP contribution >= 0.6 is 0 Å². The van der Waals surface area contributed by atoms with Crippen LogP contribution in [0.25, 0.3) is 0 Å². The van der Waals surface area contributed by atoms with Gasteiger partial charge in [0.05, 0.1) is 5.56 Å². The van der Waals surface area contributed by atoms with Crippen molar-refractivity contribution >= 4 is 11.5 Å². The first-order chi connectivity index (χ1) is 8.61. The number of benzene rings is 1. The van der Waals surface area contributed by atoms with Crippen LogP contribution in [0.1, 0.15) is 11.1 Å². The third kappa shape index (κ3) is 2.28. The Morgan fingerprint density at radius 2 is 2.00 bits per heavy atom. The van der Waals surface area contributed by atoms with Crippen molar-refractivity contribution < 1.29 is 8.78 Å². The summed E-state index contributed by atoms with van der Waals surface area (Å²) in [5.74, 6) is -1.55. The molecule has 0 unspecified atom stereocenters. The lowest BCUT2D eigenvalue weighted by Gasteiger charge is -2.08. The number of hydrogen-bond acceptors (Lipinski definition) is 3. The summed E-state index contributed by atoms with van der Waals surface area (Å²) >= 11 is 0. The first kappa shape index (κ1) is 12.0. The van der Waals surface area contributed by atoms with Crippen LogP contribution in [0.2, 0.25) is 0 Å². The lowest BCUT2D eigenvalue weighted by Crippen LogP contribution is -1.99.